The Hall–Kier alpha value is -3.56. The highest BCUT2D eigenvalue weighted by Crippen LogP contribution is 2.35. The number of hydrogen-bond donors (Lipinski definition) is 1. The van der Waals surface area contributed by atoms with E-state index in [1.807, 2.05) is 0 Å². The van der Waals surface area contributed by atoms with Crippen LogP contribution in [0.2, 0.25) is 0 Å². The van der Waals surface area contributed by atoms with Crippen LogP contribution in [0.4, 0.5) is 36.4 Å². The van der Waals surface area contributed by atoms with Gasteiger partial charge in [-0.15, -0.1) is 5.10 Å². The summed E-state index contributed by atoms with van der Waals surface area (Å²) in [5.74, 6) is -1.02. The maximum Gasteiger partial charge on any atom is 0.417 e. The van der Waals surface area contributed by atoms with E-state index in [0.717, 1.165) is 18.2 Å². The van der Waals surface area contributed by atoms with Crippen LogP contribution in [-0.4, -0.2) is 36.4 Å². The average molecular weight is 447 g/mol. The topological polar surface area (TPSA) is 73.5 Å². The van der Waals surface area contributed by atoms with Crippen molar-refractivity contribution in [2.45, 2.75) is 18.6 Å². The fraction of sp³-hybridized carbons (Fsp3) is 0.278. The largest absolute Gasteiger partial charge is 0.448 e. The van der Waals surface area contributed by atoms with Gasteiger partial charge in [0.05, 0.1) is 23.7 Å². The molecule has 1 aliphatic rings. The van der Waals surface area contributed by atoms with Crippen LogP contribution in [0.1, 0.15) is 16.8 Å². The van der Waals surface area contributed by atoms with Crippen LogP contribution in [0.5, 0.6) is 0 Å². The number of hydrazone groups is 1. The van der Waals surface area contributed by atoms with Crippen LogP contribution in [0.3, 0.4) is 0 Å². The first kappa shape index (κ1) is 22.1. The first-order valence-electron chi connectivity index (χ1n) is 8.52. The van der Waals surface area contributed by atoms with Gasteiger partial charge in [-0.05, 0) is 30.3 Å². The molecule has 1 N–H and O–H groups in total. The lowest BCUT2D eigenvalue weighted by Gasteiger charge is -2.28. The zero-order valence-electron chi connectivity index (χ0n) is 15.3. The Balaban J connectivity index is 1.84. The standard InChI is InChI=1S/C18H12F7N5O/c19-14-3-1-2-13(27-14)16-29-28-15(31-16)8-30(9-17(20,21)22)11-5-4-10(7-26)12(6-11)18(23,24)25/h1-6,15,28H,8-9H2. The average Bonchev–Trinajstić information content (AvgIpc) is 3.14. The highest BCUT2D eigenvalue weighted by Gasteiger charge is 2.37. The molecule has 2 aromatic rings. The van der Waals surface area contributed by atoms with Crippen molar-refractivity contribution in [2.24, 2.45) is 5.10 Å². The van der Waals surface area contributed by atoms with Crippen molar-refractivity contribution in [1.82, 2.24) is 10.4 Å². The van der Waals surface area contributed by atoms with Crippen molar-refractivity contribution >= 4 is 11.6 Å². The van der Waals surface area contributed by atoms with Crippen molar-refractivity contribution in [3.8, 4) is 6.07 Å². The van der Waals surface area contributed by atoms with Gasteiger partial charge >= 0.3 is 12.4 Å². The molecule has 31 heavy (non-hydrogen) atoms. The molecular weight excluding hydrogens is 435 g/mol. The molecule has 0 bridgehead atoms. The van der Waals surface area contributed by atoms with Gasteiger partial charge in [0.1, 0.15) is 12.2 Å². The number of ether oxygens (including phenoxy) is 1. The fourth-order valence-corrected chi connectivity index (χ4v) is 2.78. The van der Waals surface area contributed by atoms with Gasteiger partial charge in [0.25, 0.3) is 5.90 Å². The Kier molecular flexibility index (Phi) is 5.92. The summed E-state index contributed by atoms with van der Waals surface area (Å²) in [6, 6.07) is 7.35. The molecule has 2 heterocycles. The molecule has 1 aliphatic heterocycles. The summed E-state index contributed by atoms with van der Waals surface area (Å²) < 4.78 is 97.4. The van der Waals surface area contributed by atoms with Crippen molar-refractivity contribution in [3.05, 3.63) is 59.2 Å². The number of pyridine rings is 1. The number of nitrogens with one attached hydrogen (secondary N) is 1. The molecule has 1 aromatic heterocycles. The first-order chi connectivity index (χ1) is 14.5. The molecule has 0 amide bonds. The normalized spacial score (nSPS) is 16.2. The van der Waals surface area contributed by atoms with E-state index in [9.17, 15) is 30.7 Å². The molecule has 1 atom stereocenters. The minimum atomic E-state index is -4.94. The van der Waals surface area contributed by atoms with Crippen LogP contribution in [0.15, 0.2) is 41.5 Å². The second kappa shape index (κ2) is 8.29. The second-order valence-electron chi connectivity index (χ2n) is 6.33. The van der Waals surface area contributed by atoms with Crippen molar-refractivity contribution in [3.63, 3.8) is 0 Å². The summed E-state index contributed by atoms with van der Waals surface area (Å²) >= 11 is 0. The van der Waals surface area contributed by atoms with Crippen molar-refractivity contribution in [1.29, 1.82) is 5.26 Å². The summed E-state index contributed by atoms with van der Waals surface area (Å²) in [6.07, 6.45) is -10.9. The maximum absolute atomic E-state index is 13.2. The smallest absolute Gasteiger partial charge is 0.417 e. The number of benzene rings is 1. The lowest BCUT2D eigenvalue weighted by atomic mass is 10.1. The molecule has 6 nitrogen and oxygen atoms in total. The number of nitriles is 1. The van der Waals surface area contributed by atoms with E-state index in [-0.39, 0.29) is 11.6 Å². The number of anilines is 1. The maximum atomic E-state index is 13.2. The van der Waals surface area contributed by atoms with Gasteiger partial charge in [0.15, 0.2) is 0 Å². The van der Waals surface area contributed by atoms with Gasteiger partial charge in [-0.25, -0.2) is 4.98 Å². The molecule has 13 heteroatoms. The van der Waals surface area contributed by atoms with Gasteiger partial charge < -0.3 is 9.64 Å². The number of aromatic nitrogens is 1. The van der Waals surface area contributed by atoms with Crippen LogP contribution >= 0.6 is 0 Å². The summed E-state index contributed by atoms with van der Waals surface area (Å²) in [6.45, 7) is -2.16. The van der Waals surface area contributed by atoms with E-state index < -0.39 is 54.4 Å². The zero-order chi connectivity index (χ0) is 22.8. The molecule has 3 rings (SSSR count). The molecule has 1 unspecified atom stereocenters. The third-order valence-electron chi connectivity index (χ3n) is 4.05. The fourth-order valence-electron chi connectivity index (χ4n) is 2.78. The van der Waals surface area contributed by atoms with Crippen LogP contribution in [0, 0.1) is 17.3 Å². The predicted octanol–water partition coefficient (Wildman–Crippen LogP) is 3.79. The number of rotatable bonds is 5. The van der Waals surface area contributed by atoms with Crippen LogP contribution in [0.25, 0.3) is 0 Å². The second-order valence-corrected chi connectivity index (χ2v) is 6.33. The van der Waals surface area contributed by atoms with Gasteiger partial charge in [0, 0.05) is 5.69 Å². The van der Waals surface area contributed by atoms with Gasteiger partial charge in [-0.1, -0.05) is 6.07 Å². The number of alkyl halides is 6. The summed E-state index contributed by atoms with van der Waals surface area (Å²) in [7, 11) is 0. The molecule has 0 saturated carbocycles. The molecule has 0 radical (unpaired) electrons. The third-order valence-corrected chi connectivity index (χ3v) is 4.05. The van der Waals surface area contributed by atoms with E-state index in [2.05, 4.69) is 15.5 Å². The molecule has 0 fully saturated rings. The Labute approximate surface area is 170 Å². The summed E-state index contributed by atoms with van der Waals surface area (Å²) in [5.41, 5.74) is -0.127. The molecule has 0 aliphatic carbocycles. The molecule has 0 saturated heterocycles. The Morgan fingerprint density at radius 1 is 1.13 bits per heavy atom. The molecule has 164 valence electrons. The van der Waals surface area contributed by atoms with Crippen molar-refractivity contribution < 1.29 is 35.5 Å². The van der Waals surface area contributed by atoms with E-state index in [1.54, 1.807) is 0 Å². The third kappa shape index (κ3) is 5.53. The minimum absolute atomic E-state index is 0.0184. The minimum Gasteiger partial charge on any atom is -0.448 e. The van der Waals surface area contributed by atoms with Crippen LogP contribution < -0.4 is 10.3 Å². The van der Waals surface area contributed by atoms with E-state index >= 15 is 0 Å². The highest BCUT2D eigenvalue weighted by atomic mass is 19.4. The van der Waals surface area contributed by atoms with Crippen LogP contribution in [-0.2, 0) is 10.9 Å². The first-order valence-corrected chi connectivity index (χ1v) is 8.52. The lowest BCUT2D eigenvalue weighted by Crippen LogP contribution is -2.43. The molecule has 0 spiro atoms. The summed E-state index contributed by atoms with van der Waals surface area (Å²) in [4.78, 5) is 4.14. The SMILES string of the molecule is N#Cc1ccc(N(CC2NN=C(c3cccc(F)n3)O2)CC(F)(F)F)cc1C(F)(F)F. The van der Waals surface area contributed by atoms with E-state index in [0.29, 0.717) is 11.0 Å². The lowest BCUT2D eigenvalue weighted by molar-refractivity contribution is -0.137. The predicted molar refractivity (Wildman–Crippen MR) is 93.2 cm³/mol. The zero-order valence-corrected chi connectivity index (χ0v) is 15.3. The Morgan fingerprint density at radius 3 is 2.48 bits per heavy atom. The molecular formula is C18H12F7N5O. The van der Waals surface area contributed by atoms with E-state index in [4.69, 9.17) is 10.00 Å². The molecule has 1 aromatic carbocycles. The monoisotopic (exact) mass is 447 g/mol. The quantitative estimate of drug-likeness (QED) is 0.558. The summed E-state index contributed by atoms with van der Waals surface area (Å²) in [5, 5.41) is 12.6. The Bertz CT molecular complexity index is 1030. The Morgan fingerprint density at radius 2 is 1.87 bits per heavy atom. The van der Waals surface area contributed by atoms with Gasteiger partial charge in [0.2, 0.25) is 12.2 Å². The number of hydrogen-bond acceptors (Lipinski definition) is 6. The number of nitrogens with zero attached hydrogens (tertiary/aromatic N) is 4. The van der Waals surface area contributed by atoms with Gasteiger partial charge in [-0.2, -0.15) is 36.0 Å². The highest BCUT2D eigenvalue weighted by molar-refractivity contribution is 5.92. The van der Waals surface area contributed by atoms with E-state index in [1.165, 1.54) is 18.2 Å². The van der Waals surface area contributed by atoms with Gasteiger partial charge in [-0.3, -0.25) is 5.43 Å². The van der Waals surface area contributed by atoms with Crippen molar-refractivity contribution in [2.75, 3.05) is 18.0 Å². The number of halogens is 7.